The third-order valence-corrected chi connectivity index (χ3v) is 3.48. The number of rotatable bonds is 3. The minimum Gasteiger partial charge on any atom is -0.508 e. The van der Waals surface area contributed by atoms with Crippen molar-refractivity contribution in [2.24, 2.45) is 0 Å². The Labute approximate surface area is 116 Å². The summed E-state index contributed by atoms with van der Waals surface area (Å²) < 4.78 is 1.04. The van der Waals surface area contributed by atoms with E-state index in [4.69, 9.17) is 0 Å². The third-order valence-electron chi connectivity index (χ3n) is 2.83. The van der Waals surface area contributed by atoms with E-state index < -0.39 is 0 Å². The standard InChI is InChI=1S/C15H16BrNO/c1-10-4-6-15(18)12(7-10)9-17-14-5-3-11(2)8-13(14)16/h3-8,17-18H,9H2,1-2H3. The van der Waals surface area contributed by atoms with Crippen molar-refractivity contribution in [1.29, 1.82) is 0 Å². The lowest BCUT2D eigenvalue weighted by molar-refractivity contribution is 0.469. The molecule has 2 N–H and O–H groups in total. The van der Waals surface area contributed by atoms with Gasteiger partial charge in [-0.15, -0.1) is 0 Å². The summed E-state index contributed by atoms with van der Waals surface area (Å²) in [7, 11) is 0. The van der Waals surface area contributed by atoms with Crippen LogP contribution in [0.2, 0.25) is 0 Å². The van der Waals surface area contributed by atoms with Crippen LogP contribution >= 0.6 is 15.9 Å². The average Bonchev–Trinajstić information content (AvgIpc) is 2.32. The van der Waals surface area contributed by atoms with Crippen molar-refractivity contribution in [3.63, 3.8) is 0 Å². The van der Waals surface area contributed by atoms with E-state index in [-0.39, 0.29) is 0 Å². The Bertz CT molecular complexity index is 566. The number of benzene rings is 2. The van der Waals surface area contributed by atoms with Crippen molar-refractivity contribution in [3.05, 3.63) is 57.6 Å². The van der Waals surface area contributed by atoms with Gasteiger partial charge in [0.2, 0.25) is 0 Å². The minimum absolute atomic E-state index is 0.330. The normalized spacial score (nSPS) is 10.4. The van der Waals surface area contributed by atoms with Gasteiger partial charge in [-0.25, -0.2) is 0 Å². The molecule has 0 aliphatic rings. The summed E-state index contributed by atoms with van der Waals surface area (Å²) >= 11 is 3.53. The molecule has 0 saturated heterocycles. The first kappa shape index (κ1) is 13.0. The first-order valence-electron chi connectivity index (χ1n) is 5.85. The molecule has 0 heterocycles. The van der Waals surface area contributed by atoms with E-state index in [1.807, 2.05) is 25.1 Å². The summed E-state index contributed by atoms with van der Waals surface area (Å²) in [6.07, 6.45) is 0. The minimum atomic E-state index is 0.330. The highest BCUT2D eigenvalue weighted by molar-refractivity contribution is 9.10. The number of aryl methyl sites for hydroxylation is 2. The molecule has 0 aliphatic carbocycles. The smallest absolute Gasteiger partial charge is 0.120 e. The van der Waals surface area contributed by atoms with Crippen LogP contribution in [0.5, 0.6) is 5.75 Å². The Hall–Kier alpha value is -1.48. The quantitative estimate of drug-likeness (QED) is 0.882. The molecular weight excluding hydrogens is 290 g/mol. The van der Waals surface area contributed by atoms with Crippen LogP contribution in [-0.4, -0.2) is 5.11 Å². The molecule has 0 radical (unpaired) electrons. The van der Waals surface area contributed by atoms with Crippen LogP contribution < -0.4 is 5.32 Å². The zero-order chi connectivity index (χ0) is 13.1. The van der Waals surface area contributed by atoms with E-state index in [0.29, 0.717) is 12.3 Å². The van der Waals surface area contributed by atoms with Gasteiger partial charge in [-0.05, 0) is 53.5 Å². The van der Waals surface area contributed by atoms with E-state index in [1.165, 1.54) is 5.56 Å². The summed E-state index contributed by atoms with van der Waals surface area (Å²) in [6, 6.07) is 11.8. The number of hydrogen-bond donors (Lipinski definition) is 2. The molecule has 2 rings (SSSR count). The molecule has 0 amide bonds. The SMILES string of the molecule is Cc1ccc(NCc2cc(C)ccc2O)c(Br)c1. The van der Waals surface area contributed by atoms with Crippen molar-refractivity contribution in [2.45, 2.75) is 20.4 Å². The third kappa shape index (κ3) is 3.05. The molecule has 2 aromatic rings. The molecule has 2 nitrogen and oxygen atoms in total. The highest BCUT2D eigenvalue weighted by Gasteiger charge is 2.03. The summed E-state index contributed by atoms with van der Waals surface area (Å²) in [4.78, 5) is 0. The van der Waals surface area contributed by atoms with Gasteiger partial charge < -0.3 is 10.4 Å². The number of phenols is 1. The summed E-state index contributed by atoms with van der Waals surface area (Å²) in [5, 5.41) is 13.1. The summed E-state index contributed by atoms with van der Waals surface area (Å²) in [5.74, 6) is 0.330. The van der Waals surface area contributed by atoms with Crippen LogP contribution in [0.4, 0.5) is 5.69 Å². The average molecular weight is 306 g/mol. The largest absolute Gasteiger partial charge is 0.508 e. The van der Waals surface area contributed by atoms with Gasteiger partial charge in [-0.1, -0.05) is 23.8 Å². The second-order valence-corrected chi connectivity index (χ2v) is 5.32. The van der Waals surface area contributed by atoms with Gasteiger partial charge in [-0.2, -0.15) is 0 Å². The maximum Gasteiger partial charge on any atom is 0.120 e. The van der Waals surface area contributed by atoms with E-state index in [9.17, 15) is 5.11 Å². The lowest BCUT2D eigenvalue weighted by Crippen LogP contribution is -2.00. The molecule has 0 fully saturated rings. The Morgan fingerprint density at radius 2 is 1.72 bits per heavy atom. The van der Waals surface area contributed by atoms with Gasteiger partial charge in [0, 0.05) is 22.3 Å². The van der Waals surface area contributed by atoms with Crippen molar-refractivity contribution < 1.29 is 5.11 Å². The predicted molar refractivity (Wildman–Crippen MR) is 79.0 cm³/mol. The van der Waals surface area contributed by atoms with Crippen LogP contribution in [-0.2, 0) is 6.54 Å². The van der Waals surface area contributed by atoms with Gasteiger partial charge in [0.1, 0.15) is 5.75 Å². The van der Waals surface area contributed by atoms with Crippen LogP contribution in [0.25, 0.3) is 0 Å². The fraction of sp³-hybridized carbons (Fsp3) is 0.200. The van der Waals surface area contributed by atoms with E-state index in [2.05, 4.69) is 40.3 Å². The Morgan fingerprint density at radius 1 is 1.06 bits per heavy atom. The molecule has 0 bridgehead atoms. The Balaban J connectivity index is 2.13. The van der Waals surface area contributed by atoms with Crippen LogP contribution in [0.3, 0.4) is 0 Å². The first-order chi connectivity index (χ1) is 8.56. The highest BCUT2D eigenvalue weighted by Crippen LogP contribution is 2.25. The molecule has 18 heavy (non-hydrogen) atoms. The lowest BCUT2D eigenvalue weighted by Gasteiger charge is -2.11. The van der Waals surface area contributed by atoms with Gasteiger partial charge in [0.25, 0.3) is 0 Å². The van der Waals surface area contributed by atoms with Crippen molar-refractivity contribution >= 4 is 21.6 Å². The molecule has 3 heteroatoms. The molecule has 0 aliphatic heterocycles. The van der Waals surface area contributed by atoms with Gasteiger partial charge in [-0.3, -0.25) is 0 Å². The van der Waals surface area contributed by atoms with E-state index in [0.717, 1.165) is 21.3 Å². The molecular formula is C15H16BrNO. The fourth-order valence-corrected chi connectivity index (χ4v) is 2.44. The monoisotopic (exact) mass is 305 g/mol. The Kier molecular flexibility index (Phi) is 3.92. The van der Waals surface area contributed by atoms with Crippen LogP contribution in [0.1, 0.15) is 16.7 Å². The Morgan fingerprint density at radius 3 is 2.44 bits per heavy atom. The number of halogens is 1. The summed E-state index contributed by atoms with van der Waals surface area (Å²) in [5.41, 5.74) is 4.29. The zero-order valence-electron chi connectivity index (χ0n) is 10.5. The van der Waals surface area contributed by atoms with Crippen LogP contribution in [0, 0.1) is 13.8 Å². The maximum absolute atomic E-state index is 9.77. The highest BCUT2D eigenvalue weighted by atomic mass is 79.9. The maximum atomic E-state index is 9.77. The van der Waals surface area contributed by atoms with E-state index in [1.54, 1.807) is 6.07 Å². The number of hydrogen-bond acceptors (Lipinski definition) is 2. The number of phenolic OH excluding ortho intramolecular Hbond substituents is 1. The van der Waals surface area contributed by atoms with Gasteiger partial charge >= 0.3 is 0 Å². The topological polar surface area (TPSA) is 32.3 Å². The van der Waals surface area contributed by atoms with E-state index >= 15 is 0 Å². The predicted octanol–water partition coefficient (Wildman–Crippen LogP) is 4.38. The second-order valence-electron chi connectivity index (χ2n) is 4.47. The fourth-order valence-electron chi connectivity index (χ4n) is 1.81. The number of nitrogens with one attached hydrogen (secondary N) is 1. The number of anilines is 1. The van der Waals surface area contributed by atoms with Gasteiger partial charge in [0.05, 0.1) is 0 Å². The number of aromatic hydroxyl groups is 1. The lowest BCUT2D eigenvalue weighted by atomic mass is 10.1. The second kappa shape index (κ2) is 5.44. The zero-order valence-corrected chi connectivity index (χ0v) is 12.1. The molecule has 0 atom stereocenters. The molecule has 94 valence electrons. The van der Waals surface area contributed by atoms with Crippen molar-refractivity contribution in [3.8, 4) is 5.75 Å². The molecule has 0 saturated carbocycles. The van der Waals surface area contributed by atoms with Crippen LogP contribution in [0.15, 0.2) is 40.9 Å². The summed E-state index contributed by atoms with van der Waals surface area (Å²) in [6.45, 7) is 4.68. The first-order valence-corrected chi connectivity index (χ1v) is 6.64. The van der Waals surface area contributed by atoms with Crippen molar-refractivity contribution in [2.75, 3.05) is 5.32 Å². The molecule has 0 spiro atoms. The molecule has 0 aromatic heterocycles. The molecule has 0 unspecified atom stereocenters. The van der Waals surface area contributed by atoms with Gasteiger partial charge in [0.15, 0.2) is 0 Å². The van der Waals surface area contributed by atoms with Crippen molar-refractivity contribution in [1.82, 2.24) is 0 Å². The molecule has 2 aromatic carbocycles.